The highest BCUT2D eigenvalue weighted by molar-refractivity contribution is 5.90. The maximum atomic E-state index is 12.5. The number of alkyl halides is 1. The number of hydrogen-bond acceptors (Lipinski definition) is 7. The van der Waals surface area contributed by atoms with Crippen molar-refractivity contribution < 1.29 is 18.7 Å². The van der Waals surface area contributed by atoms with E-state index in [2.05, 4.69) is 15.5 Å². The summed E-state index contributed by atoms with van der Waals surface area (Å²) in [6.45, 7) is 6.19. The molecule has 41 heavy (non-hydrogen) atoms. The van der Waals surface area contributed by atoms with E-state index >= 15 is 0 Å². The average molecular weight is 565 g/mol. The standard InChI is InChI=1S/C29H37FN8O3/c1-18(2)28(39)36-13-9-21(10-14-36)38-27-24(15-32-38)26(37-16-22-7-8-23(17-37)41-22)34-25(35-27)19-3-5-20(6-4-19)33-29(40)31-12-11-30/h3-6,15,18,21-23H,7-14,16-17H2,1-2H3,(H2,31,33,40). The average Bonchev–Trinajstić information content (AvgIpc) is 3.57. The van der Waals surface area contributed by atoms with Crippen LogP contribution in [0, 0.1) is 5.92 Å². The monoisotopic (exact) mass is 564 g/mol. The van der Waals surface area contributed by atoms with Crippen LogP contribution in [0.1, 0.15) is 45.6 Å². The first-order valence-electron chi connectivity index (χ1n) is 14.5. The van der Waals surface area contributed by atoms with Crippen molar-refractivity contribution >= 4 is 34.5 Å². The molecule has 2 bridgehead atoms. The lowest BCUT2D eigenvalue weighted by molar-refractivity contribution is -0.135. The van der Waals surface area contributed by atoms with Gasteiger partial charge in [0.15, 0.2) is 11.5 Å². The second-order valence-corrected chi connectivity index (χ2v) is 11.4. The summed E-state index contributed by atoms with van der Waals surface area (Å²) in [6.07, 6.45) is 6.03. The van der Waals surface area contributed by atoms with Gasteiger partial charge in [-0.25, -0.2) is 23.8 Å². The summed E-state index contributed by atoms with van der Waals surface area (Å²) < 4.78 is 20.5. The van der Waals surface area contributed by atoms with Gasteiger partial charge in [-0.1, -0.05) is 13.8 Å². The van der Waals surface area contributed by atoms with E-state index in [1.54, 1.807) is 12.1 Å². The molecule has 2 unspecified atom stereocenters. The van der Waals surface area contributed by atoms with E-state index in [4.69, 9.17) is 19.8 Å². The van der Waals surface area contributed by atoms with Crippen molar-refractivity contribution in [2.45, 2.75) is 57.8 Å². The molecular formula is C29H37FN8O3. The summed E-state index contributed by atoms with van der Waals surface area (Å²) in [5.74, 6) is 1.62. The normalized spacial score (nSPS) is 21.1. The van der Waals surface area contributed by atoms with Crippen LogP contribution in [0.15, 0.2) is 30.5 Å². The lowest BCUT2D eigenvalue weighted by atomic mass is 10.0. The SMILES string of the molecule is CC(C)C(=O)N1CCC(n2ncc3c(N4CC5CCC(C4)O5)nc(-c4ccc(NC(=O)NCCF)cc4)nc32)CC1. The second kappa shape index (κ2) is 11.6. The quantitative estimate of drug-likeness (QED) is 0.449. The molecule has 3 aromatic rings. The molecule has 3 aliphatic heterocycles. The number of hydrogen-bond donors (Lipinski definition) is 2. The molecule has 2 aromatic heterocycles. The molecule has 2 N–H and O–H groups in total. The fraction of sp³-hybridized carbons (Fsp3) is 0.552. The molecule has 5 heterocycles. The number of carbonyl (C=O) groups excluding carboxylic acids is 2. The van der Waals surface area contributed by atoms with Crippen molar-refractivity contribution in [1.29, 1.82) is 0 Å². The lowest BCUT2D eigenvalue weighted by Crippen LogP contribution is -2.43. The number of rotatable bonds is 7. The Bertz CT molecular complexity index is 1390. The first-order valence-corrected chi connectivity index (χ1v) is 14.5. The van der Waals surface area contributed by atoms with Crippen LogP contribution in [-0.2, 0) is 9.53 Å². The molecule has 0 aliphatic carbocycles. The Kier molecular flexibility index (Phi) is 7.74. The number of halogens is 1. The van der Waals surface area contributed by atoms with Gasteiger partial charge < -0.3 is 25.2 Å². The number of ether oxygens (including phenoxy) is 1. The smallest absolute Gasteiger partial charge is 0.319 e. The Morgan fingerprint density at radius 2 is 1.76 bits per heavy atom. The number of likely N-dealkylation sites (tertiary alicyclic amines) is 1. The van der Waals surface area contributed by atoms with Crippen LogP contribution in [0.3, 0.4) is 0 Å². The molecule has 218 valence electrons. The van der Waals surface area contributed by atoms with Crippen molar-refractivity contribution in [2.24, 2.45) is 5.92 Å². The van der Waals surface area contributed by atoms with Crippen LogP contribution >= 0.6 is 0 Å². The maximum absolute atomic E-state index is 12.5. The minimum atomic E-state index is -0.620. The van der Waals surface area contributed by atoms with E-state index in [9.17, 15) is 14.0 Å². The Labute approximate surface area is 238 Å². The summed E-state index contributed by atoms with van der Waals surface area (Å²) in [5, 5.41) is 10.9. The zero-order chi connectivity index (χ0) is 28.5. The van der Waals surface area contributed by atoms with E-state index in [1.807, 2.05) is 41.8 Å². The largest absolute Gasteiger partial charge is 0.371 e. The number of fused-ring (bicyclic) bond motifs is 3. The predicted octanol–water partition coefficient (Wildman–Crippen LogP) is 3.77. The summed E-state index contributed by atoms with van der Waals surface area (Å²) in [6, 6.07) is 6.98. The van der Waals surface area contributed by atoms with Crippen LogP contribution in [0.25, 0.3) is 22.4 Å². The van der Waals surface area contributed by atoms with Crippen LogP contribution in [0.2, 0.25) is 0 Å². The molecule has 6 rings (SSSR count). The first kappa shape index (κ1) is 27.4. The molecular weight excluding hydrogens is 527 g/mol. The third-order valence-electron chi connectivity index (χ3n) is 8.17. The van der Waals surface area contributed by atoms with E-state index in [0.717, 1.165) is 61.2 Å². The highest BCUT2D eigenvalue weighted by Gasteiger charge is 2.36. The van der Waals surface area contributed by atoms with Crippen LogP contribution < -0.4 is 15.5 Å². The molecule has 3 aliphatic rings. The number of nitrogens with one attached hydrogen (secondary N) is 2. The van der Waals surface area contributed by atoms with E-state index in [1.165, 1.54) is 0 Å². The molecule has 3 fully saturated rings. The predicted molar refractivity (Wildman–Crippen MR) is 154 cm³/mol. The highest BCUT2D eigenvalue weighted by atomic mass is 19.1. The molecule has 2 atom stereocenters. The Morgan fingerprint density at radius 3 is 2.41 bits per heavy atom. The molecule has 1 aromatic carbocycles. The number of aromatic nitrogens is 4. The maximum Gasteiger partial charge on any atom is 0.319 e. The summed E-state index contributed by atoms with van der Waals surface area (Å²) in [5.41, 5.74) is 2.18. The van der Waals surface area contributed by atoms with Gasteiger partial charge in [-0.05, 0) is 49.9 Å². The number of piperidine rings is 1. The second-order valence-electron chi connectivity index (χ2n) is 11.4. The van der Waals surface area contributed by atoms with Gasteiger partial charge in [0.2, 0.25) is 5.91 Å². The summed E-state index contributed by atoms with van der Waals surface area (Å²) >= 11 is 0. The minimum absolute atomic E-state index is 0.00938. The first-order chi connectivity index (χ1) is 19.9. The lowest BCUT2D eigenvalue weighted by Gasteiger charge is -2.34. The zero-order valence-electron chi connectivity index (χ0n) is 23.6. The summed E-state index contributed by atoms with van der Waals surface area (Å²) in [4.78, 5) is 38.8. The van der Waals surface area contributed by atoms with E-state index in [-0.39, 0.29) is 36.6 Å². The number of nitrogens with zero attached hydrogens (tertiary/aromatic N) is 6. The third-order valence-corrected chi connectivity index (χ3v) is 8.17. The van der Waals surface area contributed by atoms with E-state index in [0.29, 0.717) is 24.6 Å². The molecule has 3 saturated heterocycles. The Balaban J connectivity index is 1.31. The van der Waals surface area contributed by atoms with Gasteiger partial charge in [0.1, 0.15) is 12.5 Å². The molecule has 0 radical (unpaired) electrons. The van der Waals surface area contributed by atoms with Crippen molar-refractivity contribution in [1.82, 2.24) is 30.0 Å². The van der Waals surface area contributed by atoms with Gasteiger partial charge in [0.05, 0.1) is 29.8 Å². The Hall–Kier alpha value is -3.80. The van der Waals surface area contributed by atoms with Gasteiger partial charge in [-0.3, -0.25) is 4.79 Å². The molecule has 12 heteroatoms. The Morgan fingerprint density at radius 1 is 1.05 bits per heavy atom. The van der Waals surface area contributed by atoms with Gasteiger partial charge in [-0.15, -0.1) is 0 Å². The molecule has 3 amide bonds. The minimum Gasteiger partial charge on any atom is -0.371 e. The fourth-order valence-electron chi connectivity index (χ4n) is 6.07. The number of morpholine rings is 1. The van der Waals surface area contributed by atoms with Crippen molar-refractivity contribution in [2.75, 3.05) is 49.6 Å². The zero-order valence-corrected chi connectivity index (χ0v) is 23.6. The molecule has 0 spiro atoms. The fourth-order valence-corrected chi connectivity index (χ4v) is 6.07. The number of amides is 3. The molecule has 0 saturated carbocycles. The molecule has 11 nitrogen and oxygen atoms in total. The van der Waals surface area contributed by atoms with Crippen LogP contribution in [0.5, 0.6) is 0 Å². The van der Waals surface area contributed by atoms with Crippen LogP contribution in [0.4, 0.5) is 20.7 Å². The van der Waals surface area contributed by atoms with Gasteiger partial charge in [0, 0.05) is 49.9 Å². The number of benzene rings is 1. The third kappa shape index (κ3) is 5.70. The number of carbonyl (C=O) groups is 2. The topological polar surface area (TPSA) is 118 Å². The van der Waals surface area contributed by atoms with Gasteiger partial charge in [0.25, 0.3) is 0 Å². The van der Waals surface area contributed by atoms with Crippen molar-refractivity contribution in [3.63, 3.8) is 0 Å². The van der Waals surface area contributed by atoms with Crippen molar-refractivity contribution in [3.8, 4) is 11.4 Å². The van der Waals surface area contributed by atoms with Gasteiger partial charge >= 0.3 is 6.03 Å². The number of anilines is 2. The van der Waals surface area contributed by atoms with Gasteiger partial charge in [-0.2, -0.15) is 5.10 Å². The van der Waals surface area contributed by atoms with E-state index < -0.39 is 12.7 Å². The number of urea groups is 1. The van der Waals surface area contributed by atoms with Crippen LogP contribution in [-0.4, -0.2) is 88.2 Å². The highest BCUT2D eigenvalue weighted by Crippen LogP contribution is 2.35. The van der Waals surface area contributed by atoms with Crippen molar-refractivity contribution in [3.05, 3.63) is 30.5 Å². The summed E-state index contributed by atoms with van der Waals surface area (Å²) in [7, 11) is 0.